The van der Waals surface area contributed by atoms with E-state index in [4.69, 9.17) is 9.57 Å². The zero-order chi connectivity index (χ0) is 23.1. The zero-order valence-corrected chi connectivity index (χ0v) is 18.5. The van der Waals surface area contributed by atoms with Crippen LogP contribution in [-0.2, 0) is 4.74 Å². The molecule has 0 spiro atoms. The molecule has 0 unspecified atom stereocenters. The Morgan fingerprint density at radius 3 is 2.47 bits per heavy atom. The molecule has 1 fully saturated rings. The van der Waals surface area contributed by atoms with E-state index < -0.39 is 22.9 Å². The predicted molar refractivity (Wildman–Crippen MR) is 117 cm³/mol. The van der Waals surface area contributed by atoms with Crippen LogP contribution in [0.15, 0.2) is 34.2 Å². The molecule has 2 aromatic heterocycles. The number of nitrogens with one attached hydrogen (secondary N) is 2. The van der Waals surface area contributed by atoms with Crippen LogP contribution in [0, 0.1) is 0 Å². The Morgan fingerprint density at radius 2 is 1.84 bits per heavy atom. The molecule has 0 aromatic carbocycles. The minimum Gasteiger partial charge on any atom is -0.444 e. The van der Waals surface area contributed by atoms with Crippen molar-refractivity contribution in [2.24, 2.45) is 0 Å². The number of hydrogen-bond donors (Lipinski definition) is 2. The van der Waals surface area contributed by atoms with Gasteiger partial charge in [0.2, 0.25) is 5.95 Å². The summed E-state index contributed by atoms with van der Waals surface area (Å²) in [6.07, 6.45) is 4.64. The van der Waals surface area contributed by atoms with E-state index in [9.17, 15) is 14.4 Å². The van der Waals surface area contributed by atoms with Gasteiger partial charge in [-0.15, -0.1) is 4.73 Å². The van der Waals surface area contributed by atoms with E-state index in [0.717, 1.165) is 43.9 Å². The van der Waals surface area contributed by atoms with Crippen molar-refractivity contribution in [3.63, 3.8) is 0 Å². The monoisotopic (exact) mass is 447 g/mol. The molecule has 0 atom stereocenters. The number of amides is 1. The molecular formula is C20H29N7O5. The van der Waals surface area contributed by atoms with Gasteiger partial charge in [-0.3, -0.25) is 14.7 Å². The van der Waals surface area contributed by atoms with Crippen molar-refractivity contribution in [1.82, 2.24) is 29.9 Å². The van der Waals surface area contributed by atoms with E-state index in [-0.39, 0.29) is 5.75 Å². The number of hydrogen-bond acceptors (Lipinski definition) is 9. The van der Waals surface area contributed by atoms with Gasteiger partial charge in [-0.1, -0.05) is 0 Å². The van der Waals surface area contributed by atoms with Crippen LogP contribution in [0.25, 0.3) is 0 Å². The van der Waals surface area contributed by atoms with Gasteiger partial charge in [-0.25, -0.2) is 19.6 Å². The zero-order valence-electron chi connectivity index (χ0n) is 18.5. The molecule has 0 saturated carbocycles. The van der Waals surface area contributed by atoms with Gasteiger partial charge >= 0.3 is 11.8 Å². The highest BCUT2D eigenvalue weighted by atomic mass is 16.7. The Bertz CT molecular complexity index is 1000. The maximum Gasteiger partial charge on any atom is 0.407 e. The molecule has 12 nitrogen and oxygen atoms in total. The second-order valence-corrected chi connectivity index (χ2v) is 8.36. The Hall–Kier alpha value is -3.41. The fourth-order valence-electron chi connectivity index (χ4n) is 3.09. The van der Waals surface area contributed by atoms with E-state index >= 15 is 0 Å². The molecular weight excluding hydrogens is 418 g/mol. The molecule has 12 heteroatoms. The van der Waals surface area contributed by atoms with Crippen LogP contribution in [-0.4, -0.2) is 75.5 Å². The van der Waals surface area contributed by atoms with Crippen molar-refractivity contribution in [3.05, 3.63) is 45.5 Å². The fraction of sp³-hybridized carbons (Fsp3) is 0.550. The average Bonchev–Trinajstić information content (AvgIpc) is 2.73. The van der Waals surface area contributed by atoms with Crippen LogP contribution in [0.1, 0.15) is 27.2 Å². The summed E-state index contributed by atoms with van der Waals surface area (Å²) in [6, 6.07) is 1.18. The average molecular weight is 447 g/mol. The molecule has 2 aromatic rings. The van der Waals surface area contributed by atoms with Gasteiger partial charge in [0, 0.05) is 38.8 Å². The van der Waals surface area contributed by atoms with Crippen LogP contribution < -0.4 is 26.3 Å². The number of carbonyl (C=O) groups is 1. The molecule has 32 heavy (non-hydrogen) atoms. The topological polar surface area (TPSA) is 135 Å². The van der Waals surface area contributed by atoms with Gasteiger partial charge in [0.05, 0.1) is 18.6 Å². The quantitative estimate of drug-likeness (QED) is 0.571. The lowest BCUT2D eigenvalue weighted by atomic mass is 10.2. The molecule has 1 saturated heterocycles. The largest absolute Gasteiger partial charge is 0.444 e. The van der Waals surface area contributed by atoms with Crippen LogP contribution in [0.4, 0.5) is 10.7 Å². The third kappa shape index (κ3) is 7.08. The summed E-state index contributed by atoms with van der Waals surface area (Å²) < 4.78 is 6.12. The van der Waals surface area contributed by atoms with Crippen molar-refractivity contribution in [1.29, 1.82) is 0 Å². The number of H-pyrrole nitrogens is 1. The van der Waals surface area contributed by atoms with Crippen molar-refractivity contribution in [2.75, 3.05) is 44.2 Å². The van der Waals surface area contributed by atoms with E-state index in [2.05, 4.69) is 30.1 Å². The summed E-state index contributed by atoms with van der Waals surface area (Å²) in [5.41, 5.74) is -1.68. The van der Waals surface area contributed by atoms with Gasteiger partial charge in [0.15, 0.2) is 5.75 Å². The van der Waals surface area contributed by atoms with Gasteiger partial charge in [0.25, 0.3) is 5.56 Å². The van der Waals surface area contributed by atoms with Crippen molar-refractivity contribution >= 4 is 12.0 Å². The van der Waals surface area contributed by atoms with Crippen LogP contribution >= 0.6 is 0 Å². The highest BCUT2D eigenvalue weighted by Crippen LogP contribution is 2.14. The summed E-state index contributed by atoms with van der Waals surface area (Å²) in [7, 11) is 0. The van der Waals surface area contributed by atoms with Gasteiger partial charge < -0.3 is 19.8 Å². The minimum atomic E-state index is -0.681. The molecule has 3 heterocycles. The lowest BCUT2D eigenvalue weighted by molar-refractivity contribution is 0.0525. The summed E-state index contributed by atoms with van der Waals surface area (Å²) >= 11 is 0. The van der Waals surface area contributed by atoms with E-state index in [1.54, 1.807) is 0 Å². The Balaban J connectivity index is 1.40. The highest BCUT2D eigenvalue weighted by molar-refractivity contribution is 5.67. The van der Waals surface area contributed by atoms with Gasteiger partial charge in [0.1, 0.15) is 5.60 Å². The van der Waals surface area contributed by atoms with Crippen LogP contribution in [0.3, 0.4) is 0 Å². The Kier molecular flexibility index (Phi) is 7.46. The SMILES string of the molecule is CC(C)(C)OC(=O)NCCCN1CCN(c2ncc(On3ccc(=O)[nH]c3=O)cn2)CC1. The molecule has 174 valence electrons. The number of piperazine rings is 1. The second-order valence-electron chi connectivity index (χ2n) is 8.36. The first-order chi connectivity index (χ1) is 15.2. The Labute approximate surface area is 185 Å². The minimum absolute atomic E-state index is 0.277. The lowest BCUT2D eigenvalue weighted by Crippen LogP contribution is -2.47. The summed E-state index contributed by atoms with van der Waals surface area (Å²) in [5, 5.41) is 2.77. The van der Waals surface area contributed by atoms with Crippen molar-refractivity contribution in [3.8, 4) is 5.75 Å². The van der Waals surface area contributed by atoms with E-state index in [0.29, 0.717) is 12.5 Å². The molecule has 0 radical (unpaired) electrons. The summed E-state index contributed by atoms with van der Waals surface area (Å²) in [4.78, 5) is 54.9. The first-order valence-electron chi connectivity index (χ1n) is 10.5. The number of aromatic nitrogens is 4. The number of ether oxygens (including phenoxy) is 1. The maximum absolute atomic E-state index is 11.7. The smallest absolute Gasteiger partial charge is 0.407 e. The van der Waals surface area contributed by atoms with Crippen molar-refractivity contribution < 1.29 is 14.4 Å². The first-order valence-corrected chi connectivity index (χ1v) is 10.5. The second kappa shape index (κ2) is 10.3. The number of rotatable bonds is 7. The molecule has 0 bridgehead atoms. The molecule has 1 aliphatic heterocycles. The third-order valence-electron chi connectivity index (χ3n) is 4.58. The summed E-state index contributed by atoms with van der Waals surface area (Å²) in [5.74, 6) is 0.858. The number of anilines is 1. The normalized spacial score (nSPS) is 14.8. The first kappa shape index (κ1) is 23.3. The number of aromatic amines is 1. The number of carbonyl (C=O) groups excluding carboxylic acids is 1. The number of nitrogens with zero attached hydrogens (tertiary/aromatic N) is 5. The van der Waals surface area contributed by atoms with Gasteiger partial charge in [-0.05, 0) is 33.7 Å². The van der Waals surface area contributed by atoms with Crippen LogP contribution in [0.2, 0.25) is 0 Å². The maximum atomic E-state index is 11.7. The molecule has 1 aliphatic rings. The van der Waals surface area contributed by atoms with Crippen molar-refractivity contribution in [2.45, 2.75) is 32.8 Å². The fourth-order valence-corrected chi connectivity index (χ4v) is 3.09. The predicted octanol–water partition coefficient (Wildman–Crippen LogP) is 0.206. The summed E-state index contributed by atoms with van der Waals surface area (Å²) in [6.45, 7) is 10.2. The Morgan fingerprint density at radius 1 is 1.16 bits per heavy atom. The lowest BCUT2D eigenvalue weighted by Gasteiger charge is -2.34. The third-order valence-corrected chi connectivity index (χ3v) is 4.58. The van der Waals surface area contributed by atoms with E-state index in [1.807, 2.05) is 20.8 Å². The molecule has 2 N–H and O–H groups in total. The standard InChI is InChI=1S/C20H29N7O5/c1-20(2,3)31-19(30)21-6-4-7-25-9-11-26(12-10-25)17-22-13-15(14-23-17)32-27-8-5-16(28)24-18(27)29/h5,8,13-14H,4,6-7,9-12H2,1-3H3,(H,21,30)(H,24,28,29). The van der Waals surface area contributed by atoms with Gasteiger partial charge in [-0.2, -0.15) is 0 Å². The molecule has 1 amide bonds. The molecule has 0 aliphatic carbocycles. The number of alkyl carbamates (subject to hydrolysis) is 1. The molecule has 3 rings (SSSR count). The van der Waals surface area contributed by atoms with E-state index in [1.165, 1.54) is 24.7 Å². The van der Waals surface area contributed by atoms with Crippen LogP contribution in [0.5, 0.6) is 5.75 Å². The highest BCUT2D eigenvalue weighted by Gasteiger charge is 2.19.